The number of nitrogens with one attached hydrogen (secondary N) is 1. The van der Waals surface area contributed by atoms with Crippen LogP contribution in [-0.4, -0.2) is 10.5 Å². The van der Waals surface area contributed by atoms with Crippen LogP contribution in [0.3, 0.4) is 0 Å². The van der Waals surface area contributed by atoms with Gasteiger partial charge in [-0.3, -0.25) is 4.21 Å². The molecule has 0 saturated carbocycles. The van der Waals surface area contributed by atoms with E-state index >= 15 is 0 Å². The standard InChI is InChI=1S/C16H17F2NOS/c1-11(13-6-7-15(17)16(18)9-13)19-14-5-3-4-12(8-14)10-21(2)20/h3-9,11,19H,10H2,1-2H3/t11-,21-/m0/s1. The number of halogens is 2. The van der Waals surface area contributed by atoms with Crippen molar-refractivity contribution in [2.24, 2.45) is 0 Å². The highest BCUT2D eigenvalue weighted by Crippen LogP contribution is 2.22. The second-order valence-electron chi connectivity index (χ2n) is 4.96. The molecule has 5 heteroatoms. The van der Waals surface area contributed by atoms with Crippen LogP contribution in [-0.2, 0) is 16.6 Å². The van der Waals surface area contributed by atoms with Crippen LogP contribution in [0.5, 0.6) is 0 Å². The molecule has 0 heterocycles. The van der Waals surface area contributed by atoms with Gasteiger partial charge in [0, 0.05) is 34.5 Å². The van der Waals surface area contributed by atoms with Crippen LogP contribution in [0.1, 0.15) is 24.1 Å². The number of rotatable bonds is 5. The Morgan fingerprint density at radius 1 is 1.14 bits per heavy atom. The minimum Gasteiger partial charge on any atom is -0.379 e. The van der Waals surface area contributed by atoms with Crippen molar-refractivity contribution in [2.75, 3.05) is 11.6 Å². The van der Waals surface area contributed by atoms with E-state index in [1.54, 1.807) is 12.3 Å². The average molecular weight is 309 g/mol. The summed E-state index contributed by atoms with van der Waals surface area (Å²) in [6.45, 7) is 1.87. The van der Waals surface area contributed by atoms with Crippen LogP contribution in [0.4, 0.5) is 14.5 Å². The first-order valence-electron chi connectivity index (χ1n) is 6.56. The van der Waals surface area contributed by atoms with E-state index in [9.17, 15) is 13.0 Å². The van der Waals surface area contributed by atoms with Crippen molar-refractivity contribution in [1.29, 1.82) is 0 Å². The van der Waals surface area contributed by atoms with E-state index in [1.165, 1.54) is 6.07 Å². The van der Waals surface area contributed by atoms with Crippen molar-refractivity contribution in [1.82, 2.24) is 0 Å². The van der Waals surface area contributed by atoms with Gasteiger partial charge in [0.05, 0.1) is 0 Å². The Morgan fingerprint density at radius 2 is 1.90 bits per heavy atom. The molecule has 0 saturated heterocycles. The van der Waals surface area contributed by atoms with Gasteiger partial charge in [0.2, 0.25) is 0 Å². The zero-order chi connectivity index (χ0) is 15.4. The summed E-state index contributed by atoms with van der Waals surface area (Å²) < 4.78 is 37.4. The largest absolute Gasteiger partial charge is 0.379 e. The molecule has 0 unspecified atom stereocenters. The molecule has 0 aliphatic rings. The molecule has 0 amide bonds. The van der Waals surface area contributed by atoms with Gasteiger partial charge in [-0.25, -0.2) is 8.78 Å². The third-order valence-corrected chi connectivity index (χ3v) is 3.86. The first-order valence-corrected chi connectivity index (χ1v) is 8.29. The Balaban J connectivity index is 2.13. The maximum Gasteiger partial charge on any atom is 0.159 e. The van der Waals surface area contributed by atoms with E-state index < -0.39 is 22.4 Å². The zero-order valence-corrected chi connectivity index (χ0v) is 12.7. The minimum absolute atomic E-state index is 0.164. The lowest BCUT2D eigenvalue weighted by molar-refractivity contribution is 0.506. The highest BCUT2D eigenvalue weighted by Gasteiger charge is 2.09. The van der Waals surface area contributed by atoms with Crippen molar-refractivity contribution in [3.63, 3.8) is 0 Å². The first-order chi connectivity index (χ1) is 9.95. The third-order valence-electron chi connectivity index (χ3n) is 3.12. The molecule has 2 aromatic carbocycles. The summed E-state index contributed by atoms with van der Waals surface area (Å²) in [6, 6.07) is 11.3. The van der Waals surface area contributed by atoms with Crippen LogP contribution in [0.2, 0.25) is 0 Å². The summed E-state index contributed by atoms with van der Waals surface area (Å²) in [7, 11) is -0.898. The Labute approximate surface area is 125 Å². The van der Waals surface area contributed by atoms with E-state index in [-0.39, 0.29) is 6.04 Å². The molecule has 0 spiro atoms. The van der Waals surface area contributed by atoms with Gasteiger partial charge in [-0.15, -0.1) is 0 Å². The quantitative estimate of drug-likeness (QED) is 0.904. The van der Waals surface area contributed by atoms with Gasteiger partial charge in [0.25, 0.3) is 0 Å². The Hall–Kier alpha value is -1.75. The lowest BCUT2D eigenvalue weighted by Crippen LogP contribution is -2.07. The molecule has 0 fully saturated rings. The van der Waals surface area contributed by atoms with Gasteiger partial charge in [0.15, 0.2) is 11.6 Å². The maximum absolute atomic E-state index is 13.2. The monoisotopic (exact) mass is 309 g/mol. The second-order valence-corrected chi connectivity index (χ2v) is 6.39. The Morgan fingerprint density at radius 3 is 2.57 bits per heavy atom. The molecule has 2 atom stereocenters. The minimum atomic E-state index is -0.898. The molecule has 2 rings (SSSR count). The SMILES string of the molecule is C[C@H](Nc1cccc(C[S@](C)=O)c1)c1ccc(F)c(F)c1. The fourth-order valence-electron chi connectivity index (χ4n) is 2.10. The van der Waals surface area contributed by atoms with E-state index in [0.29, 0.717) is 11.3 Å². The summed E-state index contributed by atoms with van der Waals surface area (Å²) in [5.74, 6) is -1.20. The highest BCUT2D eigenvalue weighted by molar-refractivity contribution is 7.83. The van der Waals surface area contributed by atoms with Gasteiger partial charge in [-0.05, 0) is 42.3 Å². The average Bonchev–Trinajstić information content (AvgIpc) is 2.41. The van der Waals surface area contributed by atoms with Gasteiger partial charge < -0.3 is 5.32 Å². The van der Waals surface area contributed by atoms with E-state index in [0.717, 1.165) is 17.3 Å². The molecule has 21 heavy (non-hydrogen) atoms. The highest BCUT2D eigenvalue weighted by atomic mass is 32.2. The van der Waals surface area contributed by atoms with Crippen LogP contribution in [0.15, 0.2) is 42.5 Å². The number of hydrogen-bond acceptors (Lipinski definition) is 2. The Kier molecular flexibility index (Phi) is 5.07. The van der Waals surface area contributed by atoms with Gasteiger partial charge in [-0.2, -0.15) is 0 Å². The van der Waals surface area contributed by atoms with E-state index in [2.05, 4.69) is 5.32 Å². The van der Waals surface area contributed by atoms with Crippen molar-refractivity contribution < 1.29 is 13.0 Å². The predicted octanol–water partition coefficient (Wildman–Crippen LogP) is 4.02. The third kappa shape index (κ3) is 4.36. The maximum atomic E-state index is 13.2. The second kappa shape index (κ2) is 6.80. The summed E-state index contributed by atoms with van der Waals surface area (Å²) in [4.78, 5) is 0. The van der Waals surface area contributed by atoms with Crippen LogP contribution in [0.25, 0.3) is 0 Å². The summed E-state index contributed by atoms with van der Waals surface area (Å²) in [5.41, 5.74) is 2.49. The van der Waals surface area contributed by atoms with Crippen molar-refractivity contribution in [3.8, 4) is 0 Å². The number of benzene rings is 2. The molecule has 0 bridgehead atoms. The fraction of sp³-hybridized carbons (Fsp3) is 0.250. The summed E-state index contributed by atoms with van der Waals surface area (Å²) in [5, 5.41) is 3.23. The molecule has 1 N–H and O–H groups in total. The lowest BCUT2D eigenvalue weighted by Gasteiger charge is -2.16. The number of hydrogen-bond donors (Lipinski definition) is 1. The molecule has 0 aliphatic carbocycles. The summed E-state index contributed by atoms with van der Waals surface area (Å²) >= 11 is 0. The van der Waals surface area contributed by atoms with Crippen LogP contribution >= 0.6 is 0 Å². The van der Waals surface area contributed by atoms with E-state index in [1.807, 2.05) is 31.2 Å². The first kappa shape index (κ1) is 15.6. The van der Waals surface area contributed by atoms with Crippen LogP contribution in [0, 0.1) is 11.6 Å². The molecule has 0 aliphatic heterocycles. The van der Waals surface area contributed by atoms with Gasteiger partial charge in [0.1, 0.15) is 0 Å². The lowest BCUT2D eigenvalue weighted by atomic mass is 10.1. The molecular weight excluding hydrogens is 292 g/mol. The predicted molar refractivity (Wildman–Crippen MR) is 82.6 cm³/mol. The molecule has 112 valence electrons. The normalized spacial score (nSPS) is 13.7. The van der Waals surface area contributed by atoms with Crippen molar-refractivity contribution in [2.45, 2.75) is 18.7 Å². The smallest absolute Gasteiger partial charge is 0.159 e. The Bertz CT molecular complexity index is 660. The van der Waals surface area contributed by atoms with Crippen molar-refractivity contribution >= 4 is 16.5 Å². The molecule has 0 radical (unpaired) electrons. The topological polar surface area (TPSA) is 29.1 Å². The zero-order valence-electron chi connectivity index (χ0n) is 11.9. The molecule has 2 aromatic rings. The summed E-state index contributed by atoms with van der Waals surface area (Å²) in [6.07, 6.45) is 1.66. The van der Waals surface area contributed by atoms with Crippen molar-refractivity contribution in [3.05, 3.63) is 65.2 Å². The fourth-order valence-corrected chi connectivity index (χ4v) is 2.75. The molecular formula is C16H17F2NOS. The van der Waals surface area contributed by atoms with Crippen LogP contribution < -0.4 is 5.32 Å². The molecule has 0 aromatic heterocycles. The van der Waals surface area contributed by atoms with E-state index in [4.69, 9.17) is 0 Å². The van der Waals surface area contributed by atoms with Gasteiger partial charge in [-0.1, -0.05) is 18.2 Å². The van der Waals surface area contributed by atoms with Gasteiger partial charge >= 0.3 is 0 Å². The number of anilines is 1. The molecule has 2 nitrogen and oxygen atoms in total.